The van der Waals surface area contributed by atoms with E-state index in [1.807, 2.05) is 13.8 Å². The lowest BCUT2D eigenvalue weighted by atomic mass is 9.44. The molecule has 0 heterocycles. The molecule has 198 valence electrons. The molecule has 0 aromatic carbocycles. The lowest BCUT2D eigenvalue weighted by molar-refractivity contribution is -0.166. The van der Waals surface area contributed by atoms with Crippen LogP contribution in [0.2, 0.25) is 0 Å². The summed E-state index contributed by atoms with van der Waals surface area (Å²) >= 11 is 0. The second-order valence-electron chi connectivity index (χ2n) is 12.9. The van der Waals surface area contributed by atoms with Gasteiger partial charge in [0.25, 0.3) is 0 Å². The highest BCUT2D eigenvalue weighted by Crippen LogP contribution is 2.67. The normalized spacial score (nSPS) is 42.1. The summed E-state index contributed by atoms with van der Waals surface area (Å²) in [5.41, 5.74) is 5.96. The molecule has 4 aliphatic carbocycles. The molecule has 1 unspecified atom stereocenters. The van der Waals surface area contributed by atoms with Crippen LogP contribution in [0.3, 0.4) is 0 Å². The van der Waals surface area contributed by atoms with E-state index in [9.17, 15) is 14.4 Å². The molecule has 10 atom stereocenters. The van der Waals surface area contributed by atoms with E-state index in [2.05, 4.69) is 19.2 Å². The van der Waals surface area contributed by atoms with Gasteiger partial charge in [-0.2, -0.15) is 0 Å². The second kappa shape index (κ2) is 10.1. The van der Waals surface area contributed by atoms with Crippen LogP contribution in [-0.2, 0) is 19.1 Å². The first-order chi connectivity index (χ1) is 16.5. The lowest BCUT2D eigenvalue weighted by Crippen LogP contribution is -2.55. The summed E-state index contributed by atoms with van der Waals surface area (Å²) in [5, 5.41) is 2.78. The maximum atomic E-state index is 13.1. The number of esters is 1. The van der Waals surface area contributed by atoms with Crippen molar-refractivity contribution in [1.82, 2.24) is 5.32 Å². The molecule has 4 saturated carbocycles. The number of nitrogens with two attached hydrogens (primary N) is 1. The van der Waals surface area contributed by atoms with E-state index < -0.39 is 6.04 Å². The van der Waals surface area contributed by atoms with E-state index in [-0.39, 0.29) is 41.8 Å². The summed E-state index contributed by atoms with van der Waals surface area (Å²) in [6.07, 6.45) is 10.8. The van der Waals surface area contributed by atoms with Gasteiger partial charge in [0.05, 0.1) is 6.54 Å². The van der Waals surface area contributed by atoms with E-state index in [1.165, 1.54) is 32.1 Å². The third kappa shape index (κ3) is 4.69. The smallest absolute Gasteiger partial charge is 0.329 e. The topological polar surface area (TPSA) is 98.5 Å². The molecule has 0 aromatic heterocycles. The Morgan fingerprint density at radius 1 is 1.00 bits per heavy atom. The fourth-order valence-corrected chi connectivity index (χ4v) is 9.13. The maximum absolute atomic E-state index is 13.1. The van der Waals surface area contributed by atoms with Gasteiger partial charge in [-0.15, -0.1) is 0 Å². The number of Topliss-reactive ketones (excluding diaryl/α,β-unsaturated/α-hetero) is 1. The maximum Gasteiger partial charge on any atom is 0.329 e. The standard InChI is InChI=1S/C29H48N2O4/c1-6-17(2)26(31-25(33)16-30)27(34)35-20-11-13-28(4)19(15-20)7-8-21-23-10-9-22(18(3)32)29(23,5)14-12-24(21)28/h17,19-24,26H,6-16,30H2,1-5H3,(H,31,33)/t17?,19-,20+,21-,22+,23-,24-,26+,28-,29+/m0/s1. The molecule has 1 amide bonds. The fourth-order valence-electron chi connectivity index (χ4n) is 9.13. The highest BCUT2D eigenvalue weighted by molar-refractivity contribution is 5.85. The van der Waals surface area contributed by atoms with Gasteiger partial charge in [0, 0.05) is 5.92 Å². The fraction of sp³-hybridized carbons (Fsp3) is 0.897. The van der Waals surface area contributed by atoms with Gasteiger partial charge >= 0.3 is 5.97 Å². The van der Waals surface area contributed by atoms with Crippen LogP contribution in [0, 0.1) is 46.3 Å². The minimum atomic E-state index is -0.632. The van der Waals surface area contributed by atoms with Crippen LogP contribution in [0.5, 0.6) is 0 Å². The highest BCUT2D eigenvalue weighted by atomic mass is 16.5. The summed E-state index contributed by atoms with van der Waals surface area (Å²) in [6, 6.07) is -0.632. The number of nitrogens with one attached hydrogen (secondary N) is 1. The van der Waals surface area contributed by atoms with Gasteiger partial charge in [0.15, 0.2) is 0 Å². The first kappa shape index (κ1) is 26.6. The monoisotopic (exact) mass is 488 g/mol. The molecular formula is C29H48N2O4. The van der Waals surface area contributed by atoms with Gasteiger partial charge in [-0.25, -0.2) is 4.79 Å². The number of amides is 1. The Kier molecular flexibility index (Phi) is 7.72. The third-order valence-electron chi connectivity index (χ3n) is 11.4. The average molecular weight is 489 g/mol. The number of carbonyl (C=O) groups is 3. The van der Waals surface area contributed by atoms with Crippen LogP contribution in [0.4, 0.5) is 0 Å². The predicted octanol–water partition coefficient (Wildman–Crippen LogP) is 4.64. The summed E-state index contributed by atoms with van der Waals surface area (Å²) in [4.78, 5) is 37.4. The zero-order chi connectivity index (χ0) is 25.5. The molecule has 6 heteroatoms. The van der Waals surface area contributed by atoms with Crippen molar-refractivity contribution in [3.05, 3.63) is 0 Å². The van der Waals surface area contributed by atoms with E-state index in [0.717, 1.165) is 43.9 Å². The Hall–Kier alpha value is -1.43. The van der Waals surface area contributed by atoms with Crippen LogP contribution in [0.15, 0.2) is 0 Å². The number of carbonyl (C=O) groups excluding carboxylic acids is 3. The quantitative estimate of drug-likeness (QED) is 0.509. The average Bonchev–Trinajstić information content (AvgIpc) is 3.19. The van der Waals surface area contributed by atoms with Gasteiger partial charge in [0.2, 0.25) is 5.91 Å². The second-order valence-corrected chi connectivity index (χ2v) is 12.9. The lowest BCUT2D eigenvalue weighted by Gasteiger charge is -2.61. The summed E-state index contributed by atoms with van der Waals surface area (Å²) < 4.78 is 6.05. The number of hydrogen-bond donors (Lipinski definition) is 2. The Bertz CT molecular complexity index is 829. The van der Waals surface area contributed by atoms with Crippen molar-refractivity contribution in [3.63, 3.8) is 0 Å². The summed E-state index contributed by atoms with van der Waals surface area (Å²) in [7, 11) is 0. The van der Waals surface area contributed by atoms with Crippen molar-refractivity contribution < 1.29 is 19.1 Å². The molecule has 3 N–H and O–H groups in total. The van der Waals surface area contributed by atoms with Crippen LogP contribution in [0.1, 0.15) is 98.8 Å². The van der Waals surface area contributed by atoms with Crippen molar-refractivity contribution >= 4 is 17.7 Å². The molecule has 4 rings (SSSR count). The SMILES string of the molecule is CCC(C)[C@@H](NC(=O)CN)C(=O)O[C@@H]1CC[C@@]2(C)[C@@H](CC[C@@H]3[C@@H]2CC[C@]2(C)[C@@H](C(C)=O)CC[C@@H]32)C1. The molecule has 0 saturated heterocycles. The van der Waals surface area contributed by atoms with E-state index in [4.69, 9.17) is 10.5 Å². The molecule has 4 fully saturated rings. The van der Waals surface area contributed by atoms with Gasteiger partial charge in [-0.3, -0.25) is 9.59 Å². The molecule has 0 aliphatic heterocycles. The van der Waals surface area contributed by atoms with E-state index in [1.54, 1.807) is 6.92 Å². The minimum absolute atomic E-state index is 0.00378. The third-order valence-corrected chi connectivity index (χ3v) is 11.4. The molecular weight excluding hydrogens is 440 g/mol. The van der Waals surface area contributed by atoms with Crippen molar-refractivity contribution in [1.29, 1.82) is 0 Å². The zero-order valence-corrected chi connectivity index (χ0v) is 22.6. The van der Waals surface area contributed by atoms with Crippen molar-refractivity contribution in [3.8, 4) is 0 Å². The summed E-state index contributed by atoms with van der Waals surface area (Å²) in [5.74, 6) is 2.75. The highest BCUT2D eigenvalue weighted by Gasteiger charge is 2.61. The van der Waals surface area contributed by atoms with Gasteiger partial charge in [0.1, 0.15) is 17.9 Å². The molecule has 0 radical (unpaired) electrons. The van der Waals surface area contributed by atoms with E-state index in [0.29, 0.717) is 23.0 Å². The zero-order valence-electron chi connectivity index (χ0n) is 22.6. The molecule has 35 heavy (non-hydrogen) atoms. The van der Waals surface area contributed by atoms with Crippen LogP contribution < -0.4 is 11.1 Å². The van der Waals surface area contributed by atoms with Crippen molar-refractivity contribution in [2.75, 3.05) is 6.54 Å². The number of hydrogen-bond acceptors (Lipinski definition) is 5. The first-order valence-corrected chi connectivity index (χ1v) is 14.3. The number of rotatable bonds is 7. The predicted molar refractivity (Wildman–Crippen MR) is 136 cm³/mol. The number of ether oxygens (including phenoxy) is 1. The number of fused-ring (bicyclic) bond motifs is 5. The van der Waals surface area contributed by atoms with Crippen LogP contribution in [-0.4, -0.2) is 36.4 Å². The molecule has 0 spiro atoms. The van der Waals surface area contributed by atoms with E-state index >= 15 is 0 Å². The van der Waals surface area contributed by atoms with Crippen LogP contribution >= 0.6 is 0 Å². The van der Waals surface area contributed by atoms with Gasteiger partial charge < -0.3 is 15.8 Å². The molecule has 0 bridgehead atoms. The molecule has 0 aromatic rings. The first-order valence-electron chi connectivity index (χ1n) is 14.3. The van der Waals surface area contributed by atoms with Crippen molar-refractivity contribution in [2.24, 2.45) is 52.1 Å². The molecule has 4 aliphatic rings. The van der Waals surface area contributed by atoms with Gasteiger partial charge in [-0.1, -0.05) is 34.1 Å². The largest absolute Gasteiger partial charge is 0.461 e. The molecule has 6 nitrogen and oxygen atoms in total. The Balaban J connectivity index is 1.42. The Labute approximate surface area is 211 Å². The Morgan fingerprint density at radius 3 is 2.34 bits per heavy atom. The van der Waals surface area contributed by atoms with Crippen LogP contribution in [0.25, 0.3) is 0 Å². The summed E-state index contributed by atoms with van der Waals surface area (Å²) in [6.45, 7) is 10.6. The van der Waals surface area contributed by atoms with Gasteiger partial charge in [-0.05, 0) is 105 Å². The minimum Gasteiger partial charge on any atom is -0.461 e. The Morgan fingerprint density at radius 2 is 1.69 bits per heavy atom. The van der Waals surface area contributed by atoms with Crippen molar-refractivity contribution in [2.45, 2.75) is 111 Å². The number of ketones is 1.